The molecule has 1 aromatic heterocycles. The molecule has 0 aliphatic heterocycles. The average Bonchev–Trinajstić information content (AvgIpc) is 2.65. The minimum absolute atomic E-state index is 0.465. The molecule has 3 heteroatoms. The van der Waals surface area contributed by atoms with Gasteiger partial charge >= 0.3 is 5.97 Å². The number of carbonyl (C=O) groups is 1. The SMILES string of the molecule is CC(C)(Cc1cccc2ccoc12)C(=O)O. The molecule has 0 saturated carbocycles. The third-order valence-corrected chi connectivity index (χ3v) is 2.77. The summed E-state index contributed by atoms with van der Waals surface area (Å²) in [6.07, 6.45) is 2.09. The number of para-hydroxylation sites is 1. The summed E-state index contributed by atoms with van der Waals surface area (Å²) in [4.78, 5) is 11.1. The molecule has 1 aromatic carbocycles. The number of carboxylic acid groups (broad SMARTS) is 1. The number of fused-ring (bicyclic) bond motifs is 1. The fourth-order valence-corrected chi connectivity index (χ4v) is 1.75. The highest BCUT2D eigenvalue weighted by molar-refractivity contribution is 5.81. The van der Waals surface area contributed by atoms with Crippen LogP contribution in [0.4, 0.5) is 0 Å². The van der Waals surface area contributed by atoms with Crippen molar-refractivity contribution >= 4 is 16.9 Å². The molecule has 2 aromatic rings. The Morgan fingerprint density at radius 2 is 2.12 bits per heavy atom. The van der Waals surface area contributed by atoms with Gasteiger partial charge in [-0.15, -0.1) is 0 Å². The molecule has 0 aliphatic carbocycles. The lowest BCUT2D eigenvalue weighted by atomic mass is 9.85. The molecular formula is C13H14O3. The zero-order valence-electron chi connectivity index (χ0n) is 9.36. The first-order valence-corrected chi connectivity index (χ1v) is 5.19. The van der Waals surface area contributed by atoms with Crippen LogP contribution < -0.4 is 0 Å². The van der Waals surface area contributed by atoms with Crippen molar-refractivity contribution in [2.24, 2.45) is 5.41 Å². The van der Waals surface area contributed by atoms with E-state index in [2.05, 4.69) is 0 Å². The van der Waals surface area contributed by atoms with Crippen LogP contribution in [-0.2, 0) is 11.2 Å². The van der Waals surface area contributed by atoms with Gasteiger partial charge < -0.3 is 9.52 Å². The number of aliphatic carboxylic acids is 1. The van der Waals surface area contributed by atoms with Gasteiger partial charge in [0.15, 0.2) is 0 Å². The maximum atomic E-state index is 11.1. The molecule has 0 atom stereocenters. The Labute approximate surface area is 93.7 Å². The predicted molar refractivity (Wildman–Crippen MR) is 61.3 cm³/mol. The van der Waals surface area contributed by atoms with E-state index in [0.717, 1.165) is 16.5 Å². The first-order chi connectivity index (χ1) is 7.50. The average molecular weight is 218 g/mol. The van der Waals surface area contributed by atoms with Gasteiger partial charge in [-0.3, -0.25) is 4.79 Å². The van der Waals surface area contributed by atoms with Crippen LogP contribution in [-0.4, -0.2) is 11.1 Å². The summed E-state index contributed by atoms with van der Waals surface area (Å²) >= 11 is 0. The summed E-state index contributed by atoms with van der Waals surface area (Å²) in [7, 11) is 0. The third kappa shape index (κ3) is 1.81. The second-order valence-corrected chi connectivity index (χ2v) is 4.62. The molecule has 0 bridgehead atoms. The second-order valence-electron chi connectivity index (χ2n) is 4.62. The van der Waals surface area contributed by atoms with E-state index >= 15 is 0 Å². The number of rotatable bonds is 3. The summed E-state index contributed by atoms with van der Waals surface area (Å²) in [5.41, 5.74) is 0.952. The number of carboxylic acids is 1. The van der Waals surface area contributed by atoms with E-state index in [0.29, 0.717) is 6.42 Å². The van der Waals surface area contributed by atoms with Crippen molar-refractivity contribution in [1.82, 2.24) is 0 Å². The highest BCUT2D eigenvalue weighted by Gasteiger charge is 2.28. The Morgan fingerprint density at radius 3 is 2.81 bits per heavy atom. The normalized spacial score (nSPS) is 11.9. The molecule has 16 heavy (non-hydrogen) atoms. The topological polar surface area (TPSA) is 50.4 Å². The first-order valence-electron chi connectivity index (χ1n) is 5.19. The highest BCUT2D eigenvalue weighted by Crippen LogP contribution is 2.27. The molecule has 0 aliphatic rings. The van der Waals surface area contributed by atoms with Crippen LogP contribution >= 0.6 is 0 Å². The van der Waals surface area contributed by atoms with Gasteiger partial charge in [-0.1, -0.05) is 18.2 Å². The molecule has 2 rings (SSSR count). The molecule has 3 nitrogen and oxygen atoms in total. The van der Waals surface area contributed by atoms with E-state index in [-0.39, 0.29) is 0 Å². The molecule has 0 radical (unpaired) electrons. The smallest absolute Gasteiger partial charge is 0.309 e. The van der Waals surface area contributed by atoms with Crippen molar-refractivity contribution < 1.29 is 14.3 Å². The zero-order valence-corrected chi connectivity index (χ0v) is 9.36. The molecular weight excluding hydrogens is 204 g/mol. The standard InChI is InChI=1S/C13H14O3/c1-13(2,12(14)15)8-10-5-3-4-9-6-7-16-11(9)10/h3-7H,8H2,1-2H3,(H,14,15). The van der Waals surface area contributed by atoms with E-state index in [1.54, 1.807) is 20.1 Å². The van der Waals surface area contributed by atoms with Crippen molar-refractivity contribution in [2.45, 2.75) is 20.3 Å². The van der Waals surface area contributed by atoms with E-state index in [9.17, 15) is 4.79 Å². The Bertz CT molecular complexity index is 523. The van der Waals surface area contributed by atoms with Gasteiger partial charge in [0.1, 0.15) is 5.58 Å². The summed E-state index contributed by atoms with van der Waals surface area (Å²) in [5, 5.41) is 10.1. The monoisotopic (exact) mass is 218 g/mol. The van der Waals surface area contributed by atoms with Gasteiger partial charge in [0.05, 0.1) is 11.7 Å². The maximum absolute atomic E-state index is 11.1. The predicted octanol–water partition coefficient (Wildman–Crippen LogP) is 3.09. The fraction of sp³-hybridized carbons (Fsp3) is 0.308. The van der Waals surface area contributed by atoms with E-state index in [1.807, 2.05) is 24.3 Å². The fourth-order valence-electron chi connectivity index (χ4n) is 1.75. The van der Waals surface area contributed by atoms with Crippen molar-refractivity contribution in [1.29, 1.82) is 0 Å². The van der Waals surface area contributed by atoms with Crippen molar-refractivity contribution in [3.05, 3.63) is 36.1 Å². The van der Waals surface area contributed by atoms with Gasteiger partial charge in [-0.2, -0.15) is 0 Å². The van der Waals surface area contributed by atoms with Crippen LogP contribution in [0.5, 0.6) is 0 Å². The molecule has 0 unspecified atom stereocenters. The Balaban J connectivity index is 2.41. The molecule has 0 amide bonds. The summed E-state index contributed by atoms with van der Waals surface area (Å²) in [5.74, 6) is -0.795. The minimum atomic E-state index is -0.795. The Morgan fingerprint density at radius 1 is 1.38 bits per heavy atom. The minimum Gasteiger partial charge on any atom is -0.481 e. The second kappa shape index (κ2) is 3.67. The highest BCUT2D eigenvalue weighted by atomic mass is 16.4. The zero-order chi connectivity index (χ0) is 11.8. The molecule has 1 heterocycles. The van der Waals surface area contributed by atoms with Crippen molar-refractivity contribution in [3.8, 4) is 0 Å². The van der Waals surface area contributed by atoms with Crippen LogP contribution in [0.25, 0.3) is 11.0 Å². The van der Waals surface area contributed by atoms with Crippen molar-refractivity contribution in [3.63, 3.8) is 0 Å². The lowest BCUT2D eigenvalue weighted by Crippen LogP contribution is -2.26. The number of hydrogen-bond donors (Lipinski definition) is 1. The summed E-state index contributed by atoms with van der Waals surface area (Å²) < 4.78 is 5.38. The van der Waals surface area contributed by atoms with E-state index in [1.165, 1.54) is 0 Å². The number of hydrogen-bond acceptors (Lipinski definition) is 2. The Hall–Kier alpha value is -1.77. The van der Waals surface area contributed by atoms with Crippen LogP contribution in [0.1, 0.15) is 19.4 Å². The molecule has 0 spiro atoms. The van der Waals surface area contributed by atoms with Gasteiger partial charge in [0, 0.05) is 5.39 Å². The van der Waals surface area contributed by atoms with E-state index in [4.69, 9.17) is 9.52 Å². The lowest BCUT2D eigenvalue weighted by molar-refractivity contribution is -0.146. The van der Waals surface area contributed by atoms with Crippen LogP contribution in [0, 0.1) is 5.41 Å². The van der Waals surface area contributed by atoms with Crippen LogP contribution in [0.3, 0.4) is 0 Å². The Kier molecular flexibility index (Phi) is 2.46. The van der Waals surface area contributed by atoms with Gasteiger partial charge in [-0.05, 0) is 31.9 Å². The maximum Gasteiger partial charge on any atom is 0.309 e. The summed E-state index contributed by atoms with van der Waals surface area (Å²) in [6.45, 7) is 3.44. The molecule has 1 N–H and O–H groups in total. The lowest BCUT2D eigenvalue weighted by Gasteiger charge is -2.18. The molecule has 0 fully saturated rings. The number of benzene rings is 1. The van der Waals surface area contributed by atoms with Crippen LogP contribution in [0.15, 0.2) is 34.9 Å². The van der Waals surface area contributed by atoms with Gasteiger partial charge in [0.25, 0.3) is 0 Å². The number of furan rings is 1. The van der Waals surface area contributed by atoms with Crippen LogP contribution in [0.2, 0.25) is 0 Å². The molecule has 0 saturated heterocycles. The van der Waals surface area contributed by atoms with Gasteiger partial charge in [0.2, 0.25) is 0 Å². The quantitative estimate of drug-likeness (QED) is 0.861. The summed E-state index contributed by atoms with van der Waals surface area (Å²) in [6, 6.07) is 7.67. The largest absolute Gasteiger partial charge is 0.481 e. The third-order valence-electron chi connectivity index (χ3n) is 2.77. The van der Waals surface area contributed by atoms with E-state index < -0.39 is 11.4 Å². The first kappa shape index (κ1) is 10.7. The van der Waals surface area contributed by atoms with Crippen molar-refractivity contribution in [2.75, 3.05) is 0 Å². The molecule has 84 valence electrons. The van der Waals surface area contributed by atoms with Gasteiger partial charge in [-0.25, -0.2) is 0 Å².